The van der Waals surface area contributed by atoms with Crippen LogP contribution in [0.1, 0.15) is 33.8 Å². The predicted molar refractivity (Wildman–Crippen MR) is 60.1 cm³/mol. The lowest BCUT2D eigenvalue weighted by Crippen LogP contribution is -2.45. The van der Waals surface area contributed by atoms with Crippen LogP contribution in [0.2, 0.25) is 5.82 Å². The third kappa shape index (κ3) is 1.38. The molecule has 90 valence electrons. The average Bonchev–Trinajstić information content (AvgIpc) is 2.96. The molecule has 1 heterocycles. The zero-order chi connectivity index (χ0) is 12.4. The van der Waals surface area contributed by atoms with Crippen molar-refractivity contribution in [1.82, 2.24) is 0 Å². The molecule has 1 fully saturated rings. The minimum Gasteiger partial charge on any atom is -0.669 e. The lowest BCUT2D eigenvalue weighted by Gasteiger charge is -2.37. The lowest BCUT2D eigenvalue weighted by atomic mass is 9.68. The number of aromatic carboxylic acids is 1. The minimum atomic E-state index is -2.91. The molecule has 0 spiro atoms. The molecule has 0 amide bonds. The number of benzene rings is 1. The Morgan fingerprint density at radius 1 is 1.47 bits per heavy atom. The number of fused-ring (bicyclic) bond motifs is 3. The molecule has 0 saturated heterocycles. The fourth-order valence-electron chi connectivity index (χ4n) is 2.69. The molecule has 3 rings (SSSR count). The van der Waals surface area contributed by atoms with Crippen LogP contribution in [0.3, 0.4) is 0 Å². The van der Waals surface area contributed by atoms with Gasteiger partial charge in [-0.15, -0.1) is 0 Å². The third-order valence-corrected chi connectivity index (χ3v) is 3.70. The van der Waals surface area contributed by atoms with Gasteiger partial charge in [0.2, 0.25) is 0 Å². The molecule has 17 heavy (non-hydrogen) atoms. The van der Waals surface area contributed by atoms with E-state index in [-0.39, 0.29) is 23.0 Å². The molecule has 0 unspecified atom stereocenters. The van der Waals surface area contributed by atoms with Crippen LogP contribution in [-0.4, -0.2) is 27.9 Å². The van der Waals surface area contributed by atoms with E-state index in [1.165, 1.54) is 0 Å². The van der Waals surface area contributed by atoms with Crippen molar-refractivity contribution in [2.24, 2.45) is 0 Å². The van der Waals surface area contributed by atoms with Crippen molar-refractivity contribution in [3.8, 4) is 5.75 Å². The van der Waals surface area contributed by atoms with Crippen LogP contribution >= 0.6 is 0 Å². The quantitative estimate of drug-likeness (QED) is 0.628. The average molecular weight is 235 g/mol. The van der Waals surface area contributed by atoms with Crippen molar-refractivity contribution in [2.75, 3.05) is 0 Å². The molecular formula is C11H12BO5-. The number of hydrogen-bond donors (Lipinski definition) is 3. The molecule has 1 aromatic rings. The van der Waals surface area contributed by atoms with E-state index in [4.69, 9.17) is 9.76 Å². The van der Waals surface area contributed by atoms with Crippen LogP contribution in [0.15, 0.2) is 12.1 Å². The van der Waals surface area contributed by atoms with Crippen molar-refractivity contribution in [3.05, 3.63) is 28.8 Å². The van der Waals surface area contributed by atoms with Gasteiger partial charge in [-0.3, -0.25) is 0 Å². The van der Waals surface area contributed by atoms with Crippen LogP contribution in [0.5, 0.6) is 5.75 Å². The van der Waals surface area contributed by atoms with E-state index < -0.39 is 12.7 Å². The Morgan fingerprint density at radius 3 is 2.82 bits per heavy atom. The van der Waals surface area contributed by atoms with Crippen molar-refractivity contribution in [2.45, 2.75) is 25.1 Å². The van der Waals surface area contributed by atoms with E-state index in [1.807, 2.05) is 6.07 Å². The molecule has 5 nitrogen and oxygen atoms in total. The topological polar surface area (TPSA) is 87.0 Å². The molecule has 1 aliphatic heterocycles. The number of carboxylic acids is 1. The highest BCUT2D eigenvalue weighted by Gasteiger charge is 2.55. The van der Waals surface area contributed by atoms with Gasteiger partial charge in [0.15, 0.2) is 0 Å². The van der Waals surface area contributed by atoms with E-state index in [0.717, 1.165) is 5.56 Å². The summed E-state index contributed by atoms with van der Waals surface area (Å²) in [7, 11) is 0. The first kappa shape index (κ1) is 10.6. The first-order chi connectivity index (χ1) is 7.92. The first-order valence-corrected chi connectivity index (χ1v) is 5.57. The van der Waals surface area contributed by atoms with Crippen molar-refractivity contribution in [1.29, 1.82) is 0 Å². The van der Waals surface area contributed by atoms with Crippen LogP contribution in [0.4, 0.5) is 0 Å². The summed E-state index contributed by atoms with van der Waals surface area (Å²) >= 11 is 0. The summed E-state index contributed by atoms with van der Waals surface area (Å²) in [5.74, 6) is -1.24. The Bertz CT molecular complexity index is 525. The summed E-state index contributed by atoms with van der Waals surface area (Å²) in [6.45, 7) is -1.25. The fourth-order valence-corrected chi connectivity index (χ4v) is 2.69. The molecule has 1 aromatic carbocycles. The summed E-state index contributed by atoms with van der Waals surface area (Å²) in [6, 6.07) is 3.54. The second kappa shape index (κ2) is 3.03. The normalized spacial score (nSPS) is 27.7. The highest BCUT2D eigenvalue weighted by atomic mass is 16.6. The van der Waals surface area contributed by atoms with Gasteiger partial charge in [0.1, 0.15) is 5.56 Å². The van der Waals surface area contributed by atoms with Gasteiger partial charge in [-0.05, 0) is 24.0 Å². The second-order valence-corrected chi connectivity index (χ2v) is 4.87. The highest BCUT2D eigenvalue weighted by Crippen LogP contribution is 2.62. The lowest BCUT2D eigenvalue weighted by molar-refractivity contribution is 0.0692. The summed E-state index contributed by atoms with van der Waals surface area (Å²) in [6.07, 6.45) is 0.641. The van der Waals surface area contributed by atoms with Crippen LogP contribution < -0.4 is 4.65 Å². The fraction of sp³-hybridized carbons (Fsp3) is 0.364. The highest BCUT2D eigenvalue weighted by molar-refractivity contribution is 6.62. The minimum absolute atomic E-state index is 0.0208. The summed E-state index contributed by atoms with van der Waals surface area (Å²) in [4.78, 5) is 11.2. The molecule has 1 saturated carbocycles. The third-order valence-electron chi connectivity index (χ3n) is 3.70. The van der Waals surface area contributed by atoms with Gasteiger partial charge in [-0.2, -0.15) is 0 Å². The van der Waals surface area contributed by atoms with Gasteiger partial charge in [-0.1, -0.05) is 24.4 Å². The molecule has 0 radical (unpaired) electrons. The molecule has 0 bridgehead atoms. The molecular weight excluding hydrogens is 223 g/mol. The van der Waals surface area contributed by atoms with Crippen molar-refractivity contribution < 1.29 is 24.6 Å². The van der Waals surface area contributed by atoms with Crippen molar-refractivity contribution in [3.63, 3.8) is 0 Å². The zero-order valence-electron chi connectivity index (χ0n) is 9.25. The largest absolute Gasteiger partial charge is 0.669 e. The predicted octanol–water partition coefficient (Wildman–Crippen LogP) is 0.867. The van der Waals surface area contributed by atoms with E-state index in [2.05, 4.69) is 0 Å². The van der Waals surface area contributed by atoms with Crippen LogP contribution in [-0.2, 0) is 0 Å². The molecule has 6 heteroatoms. The standard InChI is InChI=1S/C11H12BO5/c1-5-2-3-6-7-4-8(7)12(15,16)17-10(6)9(5)11(13)14/h2-3,7-8,15-16H,4H2,1H3,(H,13,14)/q-1/t7-,8-/m1/s1. The molecule has 3 N–H and O–H groups in total. The summed E-state index contributed by atoms with van der Waals surface area (Å²) in [5, 5.41) is 28.6. The van der Waals surface area contributed by atoms with Gasteiger partial charge in [-0.25, -0.2) is 4.79 Å². The first-order valence-electron chi connectivity index (χ1n) is 5.57. The number of aryl methyl sites for hydroxylation is 1. The zero-order valence-corrected chi connectivity index (χ0v) is 9.25. The van der Waals surface area contributed by atoms with Gasteiger partial charge < -0.3 is 19.8 Å². The van der Waals surface area contributed by atoms with Crippen molar-refractivity contribution >= 4 is 12.7 Å². The molecule has 2 atom stereocenters. The SMILES string of the molecule is Cc1ccc2c(c1C(=O)O)O[B-](O)(O)[C@@H]1C[C@H]21. The number of carboxylic acid groups (broad SMARTS) is 1. The molecule has 1 aliphatic carbocycles. The smallest absolute Gasteiger partial charge is 0.434 e. The maximum absolute atomic E-state index is 11.2. The van der Waals surface area contributed by atoms with E-state index in [1.54, 1.807) is 13.0 Å². The van der Waals surface area contributed by atoms with Gasteiger partial charge in [0, 0.05) is 0 Å². The Kier molecular flexibility index (Phi) is 1.89. The molecule has 2 aliphatic rings. The van der Waals surface area contributed by atoms with Gasteiger partial charge >= 0.3 is 12.7 Å². The van der Waals surface area contributed by atoms with E-state index in [0.29, 0.717) is 12.0 Å². The number of rotatable bonds is 1. The maximum Gasteiger partial charge on any atom is 0.434 e. The van der Waals surface area contributed by atoms with Gasteiger partial charge in [0.05, 0.1) is 5.75 Å². The number of hydrogen-bond acceptors (Lipinski definition) is 4. The van der Waals surface area contributed by atoms with Crippen LogP contribution in [0, 0.1) is 6.92 Å². The Hall–Kier alpha value is -1.53. The number of carbonyl (C=O) groups is 1. The molecule has 0 aromatic heterocycles. The summed E-state index contributed by atoms with van der Waals surface area (Å²) < 4.78 is 5.14. The summed E-state index contributed by atoms with van der Waals surface area (Å²) in [5.41, 5.74) is 1.36. The van der Waals surface area contributed by atoms with E-state index >= 15 is 0 Å². The van der Waals surface area contributed by atoms with Crippen LogP contribution in [0.25, 0.3) is 0 Å². The second-order valence-electron chi connectivity index (χ2n) is 4.87. The Balaban J connectivity index is 2.21. The van der Waals surface area contributed by atoms with E-state index in [9.17, 15) is 14.8 Å². The van der Waals surface area contributed by atoms with Gasteiger partial charge in [0.25, 0.3) is 0 Å². The Morgan fingerprint density at radius 2 is 2.18 bits per heavy atom. The maximum atomic E-state index is 11.2. The monoisotopic (exact) mass is 235 g/mol. The Labute approximate surface area is 97.7 Å².